The van der Waals surface area contributed by atoms with Crippen LogP contribution in [0.1, 0.15) is 5.56 Å². The molecule has 0 saturated carbocycles. The summed E-state index contributed by atoms with van der Waals surface area (Å²) in [6, 6.07) is 5.84. The van der Waals surface area contributed by atoms with Crippen molar-refractivity contribution < 1.29 is 9.53 Å². The first-order valence-corrected chi connectivity index (χ1v) is 6.13. The second kappa shape index (κ2) is 6.15. The second-order valence-electron chi connectivity index (χ2n) is 2.82. The summed E-state index contributed by atoms with van der Waals surface area (Å²) in [6.07, 6.45) is 0. The van der Waals surface area contributed by atoms with Gasteiger partial charge in [0.1, 0.15) is 0 Å². The molecular weight excluding hydrogens is 278 g/mol. The highest BCUT2D eigenvalue weighted by Gasteiger charge is 2.06. The van der Waals surface area contributed by atoms with Crippen molar-refractivity contribution >= 4 is 33.7 Å². The molecule has 0 unspecified atom stereocenters. The van der Waals surface area contributed by atoms with E-state index in [2.05, 4.69) is 20.7 Å². The maximum absolute atomic E-state index is 11.0. The van der Waals surface area contributed by atoms with Crippen LogP contribution in [0.25, 0.3) is 0 Å². The zero-order valence-corrected chi connectivity index (χ0v) is 10.7. The van der Waals surface area contributed by atoms with Crippen LogP contribution in [0.4, 0.5) is 0 Å². The lowest BCUT2D eigenvalue weighted by Gasteiger charge is -2.07. The minimum Gasteiger partial charge on any atom is -0.468 e. The van der Waals surface area contributed by atoms with E-state index in [0.29, 0.717) is 12.3 Å². The molecule has 0 atom stereocenters. The molecule has 5 heteroatoms. The molecule has 0 aliphatic heterocycles. The molecule has 0 saturated heterocycles. The lowest BCUT2D eigenvalue weighted by atomic mass is 10.2. The molecule has 0 radical (unpaired) electrons. The summed E-state index contributed by atoms with van der Waals surface area (Å²) in [5.74, 6) is 0.0721. The van der Waals surface area contributed by atoms with Crippen molar-refractivity contribution in [2.75, 3.05) is 12.9 Å². The highest BCUT2D eigenvalue weighted by Crippen LogP contribution is 2.26. The number of hydrogen-bond donors (Lipinski definition) is 1. The van der Waals surface area contributed by atoms with E-state index in [1.165, 1.54) is 18.9 Å². The fourth-order valence-corrected chi connectivity index (χ4v) is 2.48. The van der Waals surface area contributed by atoms with Crippen molar-refractivity contribution in [1.82, 2.24) is 0 Å². The second-order valence-corrected chi connectivity index (χ2v) is 4.75. The van der Waals surface area contributed by atoms with E-state index in [1.807, 2.05) is 18.2 Å². The van der Waals surface area contributed by atoms with Gasteiger partial charge in [-0.2, -0.15) is 0 Å². The van der Waals surface area contributed by atoms with Crippen molar-refractivity contribution in [3.05, 3.63) is 28.2 Å². The maximum Gasteiger partial charge on any atom is 0.315 e. The Morgan fingerprint density at radius 1 is 1.60 bits per heavy atom. The number of ether oxygens (including phenoxy) is 1. The number of rotatable bonds is 4. The molecule has 82 valence electrons. The number of methoxy groups -OCH3 is 1. The molecule has 0 heterocycles. The highest BCUT2D eigenvalue weighted by molar-refractivity contribution is 9.10. The summed E-state index contributed by atoms with van der Waals surface area (Å²) in [4.78, 5) is 12.0. The van der Waals surface area contributed by atoms with Crippen LogP contribution in [0, 0.1) is 0 Å². The highest BCUT2D eigenvalue weighted by atomic mass is 79.9. The van der Waals surface area contributed by atoms with Gasteiger partial charge in [-0.15, -0.1) is 11.8 Å². The van der Waals surface area contributed by atoms with E-state index in [4.69, 9.17) is 5.73 Å². The quantitative estimate of drug-likeness (QED) is 0.682. The molecule has 0 aliphatic rings. The molecule has 0 amide bonds. The Kier molecular flexibility index (Phi) is 5.14. The first kappa shape index (κ1) is 12.5. The molecule has 0 aliphatic carbocycles. The van der Waals surface area contributed by atoms with Gasteiger partial charge in [0.2, 0.25) is 0 Å². The number of esters is 1. The first-order valence-electron chi connectivity index (χ1n) is 4.35. The Hall–Kier alpha value is -0.520. The van der Waals surface area contributed by atoms with Crippen molar-refractivity contribution in [3.63, 3.8) is 0 Å². The van der Waals surface area contributed by atoms with Gasteiger partial charge in [-0.1, -0.05) is 22.0 Å². The summed E-state index contributed by atoms with van der Waals surface area (Å²) in [5, 5.41) is 0. The van der Waals surface area contributed by atoms with Gasteiger partial charge in [-0.3, -0.25) is 4.79 Å². The topological polar surface area (TPSA) is 52.3 Å². The number of thioether (sulfide) groups is 1. The molecule has 0 fully saturated rings. The van der Waals surface area contributed by atoms with Crippen molar-refractivity contribution in [1.29, 1.82) is 0 Å². The van der Waals surface area contributed by atoms with Crippen LogP contribution in [-0.4, -0.2) is 18.8 Å². The fraction of sp³-hybridized carbons (Fsp3) is 0.300. The van der Waals surface area contributed by atoms with Crippen LogP contribution in [0.2, 0.25) is 0 Å². The van der Waals surface area contributed by atoms with Crippen LogP contribution >= 0.6 is 27.7 Å². The van der Waals surface area contributed by atoms with Gasteiger partial charge in [0, 0.05) is 15.9 Å². The molecule has 0 spiro atoms. The van der Waals surface area contributed by atoms with Gasteiger partial charge in [-0.25, -0.2) is 0 Å². The maximum atomic E-state index is 11.0. The lowest BCUT2D eigenvalue weighted by molar-refractivity contribution is -0.137. The van der Waals surface area contributed by atoms with E-state index in [1.54, 1.807) is 0 Å². The molecule has 1 aromatic carbocycles. The smallest absolute Gasteiger partial charge is 0.315 e. The first-order chi connectivity index (χ1) is 7.17. The van der Waals surface area contributed by atoms with Crippen LogP contribution in [0.5, 0.6) is 0 Å². The van der Waals surface area contributed by atoms with E-state index in [-0.39, 0.29) is 5.97 Å². The fourth-order valence-electron chi connectivity index (χ4n) is 1.03. The minimum atomic E-state index is -0.233. The number of carbonyl (C=O) groups excluding carboxylic acids is 1. The number of carbonyl (C=O) groups is 1. The molecule has 0 bridgehead atoms. The summed E-state index contributed by atoms with van der Waals surface area (Å²) in [5.41, 5.74) is 6.63. The molecule has 3 nitrogen and oxygen atoms in total. The summed E-state index contributed by atoms with van der Waals surface area (Å²) < 4.78 is 5.55. The number of benzene rings is 1. The Morgan fingerprint density at radius 3 is 2.93 bits per heavy atom. The van der Waals surface area contributed by atoms with E-state index in [0.717, 1.165) is 14.9 Å². The van der Waals surface area contributed by atoms with E-state index >= 15 is 0 Å². The number of nitrogens with two attached hydrogens (primary N) is 1. The van der Waals surface area contributed by atoms with Gasteiger partial charge in [0.15, 0.2) is 0 Å². The number of halogens is 1. The van der Waals surface area contributed by atoms with Crippen molar-refractivity contribution in [2.24, 2.45) is 5.73 Å². The van der Waals surface area contributed by atoms with Gasteiger partial charge < -0.3 is 10.5 Å². The molecular formula is C10H12BrNO2S. The SMILES string of the molecule is COC(=O)CSc1cc(Br)ccc1CN. The Bertz CT molecular complexity index is 357. The summed E-state index contributed by atoms with van der Waals surface area (Å²) in [7, 11) is 1.38. The third kappa shape index (κ3) is 3.85. The molecule has 1 rings (SSSR count). The van der Waals surface area contributed by atoms with Gasteiger partial charge in [0.25, 0.3) is 0 Å². The minimum absolute atomic E-state index is 0.233. The number of hydrogen-bond acceptors (Lipinski definition) is 4. The molecule has 1 aromatic rings. The summed E-state index contributed by atoms with van der Waals surface area (Å²) >= 11 is 4.81. The predicted molar refractivity (Wildman–Crippen MR) is 64.8 cm³/mol. The molecule has 2 N–H and O–H groups in total. The van der Waals surface area contributed by atoms with Crippen LogP contribution in [0.3, 0.4) is 0 Å². The van der Waals surface area contributed by atoms with E-state index < -0.39 is 0 Å². The Balaban J connectivity index is 2.74. The molecule has 15 heavy (non-hydrogen) atoms. The van der Waals surface area contributed by atoms with Gasteiger partial charge >= 0.3 is 5.97 Å². The zero-order chi connectivity index (χ0) is 11.3. The van der Waals surface area contributed by atoms with Crippen LogP contribution in [0.15, 0.2) is 27.6 Å². The van der Waals surface area contributed by atoms with E-state index in [9.17, 15) is 4.79 Å². The Labute approximate surface area is 101 Å². The monoisotopic (exact) mass is 289 g/mol. The zero-order valence-electron chi connectivity index (χ0n) is 8.33. The summed E-state index contributed by atoms with van der Waals surface area (Å²) in [6.45, 7) is 0.469. The average Bonchev–Trinajstić information content (AvgIpc) is 2.26. The van der Waals surface area contributed by atoms with Gasteiger partial charge in [-0.05, 0) is 17.7 Å². The molecule has 0 aromatic heterocycles. The Morgan fingerprint density at radius 2 is 2.33 bits per heavy atom. The van der Waals surface area contributed by atoms with Crippen molar-refractivity contribution in [3.8, 4) is 0 Å². The predicted octanol–water partition coefficient (Wildman–Crippen LogP) is 2.17. The average molecular weight is 290 g/mol. The largest absolute Gasteiger partial charge is 0.468 e. The third-order valence-corrected chi connectivity index (χ3v) is 3.39. The van der Waals surface area contributed by atoms with Gasteiger partial charge in [0.05, 0.1) is 12.9 Å². The van der Waals surface area contributed by atoms with Crippen LogP contribution in [-0.2, 0) is 16.1 Å². The van der Waals surface area contributed by atoms with Crippen LogP contribution < -0.4 is 5.73 Å². The normalized spacial score (nSPS) is 10.1. The lowest BCUT2D eigenvalue weighted by Crippen LogP contribution is -2.04. The van der Waals surface area contributed by atoms with Crippen molar-refractivity contribution in [2.45, 2.75) is 11.4 Å². The third-order valence-electron chi connectivity index (χ3n) is 1.82. The standard InChI is InChI=1S/C10H12BrNO2S/c1-14-10(13)6-15-9-4-8(11)3-2-7(9)5-12/h2-4H,5-6,12H2,1H3.